The summed E-state index contributed by atoms with van der Waals surface area (Å²) in [5.41, 5.74) is 1.35. The molecule has 1 heterocycles. The first-order valence-electron chi connectivity index (χ1n) is 6.41. The molecular formula is C14H16ClF2N3. The fourth-order valence-corrected chi connectivity index (χ4v) is 2.45. The zero-order valence-electron chi connectivity index (χ0n) is 11.3. The molecular weight excluding hydrogens is 284 g/mol. The van der Waals surface area contributed by atoms with Crippen LogP contribution in [0.15, 0.2) is 24.4 Å². The average Bonchev–Trinajstić information content (AvgIpc) is 2.77. The summed E-state index contributed by atoms with van der Waals surface area (Å²) in [7, 11) is 1.74. The highest BCUT2D eigenvalue weighted by Crippen LogP contribution is 2.29. The molecule has 0 radical (unpaired) electrons. The van der Waals surface area contributed by atoms with E-state index in [1.54, 1.807) is 24.0 Å². The molecule has 1 unspecified atom stereocenters. The molecule has 0 saturated carbocycles. The van der Waals surface area contributed by atoms with E-state index >= 15 is 0 Å². The predicted molar refractivity (Wildman–Crippen MR) is 74.8 cm³/mol. The molecule has 0 saturated heterocycles. The van der Waals surface area contributed by atoms with Gasteiger partial charge in [-0.1, -0.05) is 24.6 Å². The molecule has 3 nitrogen and oxygen atoms in total. The Hall–Kier alpha value is -1.46. The van der Waals surface area contributed by atoms with Gasteiger partial charge in [0.05, 0.1) is 23.0 Å². The van der Waals surface area contributed by atoms with Crippen molar-refractivity contribution in [2.45, 2.75) is 25.9 Å². The zero-order valence-corrected chi connectivity index (χ0v) is 12.1. The van der Waals surface area contributed by atoms with Crippen molar-refractivity contribution in [2.24, 2.45) is 0 Å². The molecule has 0 fully saturated rings. The summed E-state index contributed by atoms with van der Waals surface area (Å²) in [5.74, 6) is -1.74. The molecule has 0 amide bonds. The highest BCUT2D eigenvalue weighted by Gasteiger charge is 2.21. The number of hydrogen-bond acceptors (Lipinski definition) is 2. The minimum absolute atomic E-state index is 0.341. The molecule has 0 aliphatic rings. The molecule has 1 atom stereocenters. The quantitative estimate of drug-likeness (QED) is 0.915. The number of nitrogens with one attached hydrogen (secondary N) is 1. The number of benzene rings is 1. The van der Waals surface area contributed by atoms with E-state index in [9.17, 15) is 8.78 Å². The number of rotatable bonds is 5. The third-order valence-corrected chi connectivity index (χ3v) is 3.40. The second-order valence-electron chi connectivity index (χ2n) is 4.50. The van der Waals surface area contributed by atoms with Gasteiger partial charge in [-0.25, -0.2) is 8.78 Å². The van der Waals surface area contributed by atoms with Gasteiger partial charge in [0.1, 0.15) is 0 Å². The van der Waals surface area contributed by atoms with Crippen molar-refractivity contribution < 1.29 is 8.78 Å². The Kier molecular flexibility index (Phi) is 4.73. The van der Waals surface area contributed by atoms with Crippen molar-refractivity contribution in [3.05, 3.63) is 52.3 Å². The van der Waals surface area contributed by atoms with Crippen molar-refractivity contribution >= 4 is 11.6 Å². The van der Waals surface area contributed by atoms with E-state index in [0.29, 0.717) is 17.1 Å². The number of nitrogens with zero attached hydrogens (tertiary/aromatic N) is 2. The van der Waals surface area contributed by atoms with Crippen molar-refractivity contribution in [3.8, 4) is 0 Å². The highest BCUT2D eigenvalue weighted by atomic mass is 35.5. The van der Waals surface area contributed by atoms with Gasteiger partial charge in [-0.3, -0.25) is 4.68 Å². The molecule has 0 aliphatic heterocycles. The molecule has 0 aliphatic carbocycles. The topological polar surface area (TPSA) is 29.9 Å². The van der Waals surface area contributed by atoms with Gasteiger partial charge in [0.2, 0.25) is 0 Å². The second kappa shape index (κ2) is 6.33. The van der Waals surface area contributed by atoms with Gasteiger partial charge in [0, 0.05) is 6.54 Å². The molecule has 6 heteroatoms. The molecule has 108 valence electrons. The normalized spacial score (nSPS) is 12.7. The van der Waals surface area contributed by atoms with Crippen LogP contribution in [0.25, 0.3) is 0 Å². The van der Waals surface area contributed by atoms with E-state index in [0.717, 1.165) is 18.2 Å². The summed E-state index contributed by atoms with van der Waals surface area (Å²) < 4.78 is 28.2. The standard InChI is InChI=1S/C14H16ClF2N3/c1-3-6-20-14(10(15)8-19-20)13(18-2)9-4-5-11(16)12(17)7-9/h4-5,7-8,13,18H,3,6H2,1-2H3. The maximum Gasteiger partial charge on any atom is 0.159 e. The second-order valence-corrected chi connectivity index (χ2v) is 4.90. The highest BCUT2D eigenvalue weighted by molar-refractivity contribution is 6.31. The predicted octanol–water partition coefficient (Wildman–Crippen LogP) is 3.53. The van der Waals surface area contributed by atoms with E-state index in [1.807, 2.05) is 6.92 Å². The van der Waals surface area contributed by atoms with Gasteiger partial charge in [0.15, 0.2) is 11.6 Å². The SMILES string of the molecule is CCCn1ncc(Cl)c1C(NC)c1ccc(F)c(F)c1. The Balaban J connectivity index is 2.46. The summed E-state index contributed by atoms with van der Waals surface area (Å²) in [4.78, 5) is 0. The molecule has 2 aromatic rings. The van der Waals surface area contributed by atoms with Crippen LogP contribution in [0.5, 0.6) is 0 Å². The fraction of sp³-hybridized carbons (Fsp3) is 0.357. The van der Waals surface area contributed by atoms with Gasteiger partial charge in [-0.05, 0) is 31.2 Å². The summed E-state index contributed by atoms with van der Waals surface area (Å²) in [6.07, 6.45) is 2.47. The maximum absolute atomic E-state index is 13.4. The third kappa shape index (κ3) is 2.83. The first-order chi connectivity index (χ1) is 9.58. The Bertz CT molecular complexity index is 598. The minimum atomic E-state index is -0.875. The van der Waals surface area contributed by atoms with Crippen molar-refractivity contribution in [2.75, 3.05) is 7.05 Å². The van der Waals surface area contributed by atoms with Crippen LogP contribution in [0.3, 0.4) is 0 Å². The lowest BCUT2D eigenvalue weighted by molar-refractivity contribution is 0.500. The lowest BCUT2D eigenvalue weighted by Gasteiger charge is -2.19. The Labute approximate surface area is 121 Å². The summed E-state index contributed by atoms with van der Waals surface area (Å²) in [6, 6.07) is 3.49. The van der Waals surface area contributed by atoms with Crippen LogP contribution in [-0.4, -0.2) is 16.8 Å². The Morgan fingerprint density at radius 2 is 2.10 bits per heavy atom. The van der Waals surface area contributed by atoms with Crippen LogP contribution >= 0.6 is 11.6 Å². The third-order valence-electron chi connectivity index (χ3n) is 3.11. The van der Waals surface area contributed by atoms with E-state index in [2.05, 4.69) is 10.4 Å². The van der Waals surface area contributed by atoms with Crippen molar-refractivity contribution in [1.82, 2.24) is 15.1 Å². The van der Waals surface area contributed by atoms with Crippen LogP contribution in [0.1, 0.15) is 30.6 Å². The van der Waals surface area contributed by atoms with Crippen LogP contribution in [-0.2, 0) is 6.54 Å². The summed E-state index contributed by atoms with van der Waals surface area (Å²) in [6.45, 7) is 2.75. The molecule has 1 aromatic heterocycles. The maximum atomic E-state index is 13.4. The molecule has 0 spiro atoms. The van der Waals surface area contributed by atoms with Gasteiger partial charge in [-0.15, -0.1) is 0 Å². The smallest absolute Gasteiger partial charge is 0.159 e. The monoisotopic (exact) mass is 299 g/mol. The van der Waals surface area contributed by atoms with Gasteiger partial charge in [-0.2, -0.15) is 5.10 Å². The molecule has 2 rings (SSSR count). The number of aryl methyl sites for hydroxylation is 1. The lowest BCUT2D eigenvalue weighted by atomic mass is 10.0. The number of halogens is 3. The first-order valence-corrected chi connectivity index (χ1v) is 6.79. The minimum Gasteiger partial charge on any atom is -0.308 e. The Morgan fingerprint density at radius 1 is 1.35 bits per heavy atom. The van der Waals surface area contributed by atoms with Crippen molar-refractivity contribution in [3.63, 3.8) is 0 Å². The number of hydrogen-bond donors (Lipinski definition) is 1. The summed E-state index contributed by atoms with van der Waals surface area (Å²) in [5, 5.41) is 7.79. The first kappa shape index (κ1) is 14.9. The van der Waals surface area contributed by atoms with E-state index in [-0.39, 0.29) is 6.04 Å². The number of aromatic nitrogens is 2. The average molecular weight is 300 g/mol. The van der Waals surface area contributed by atoms with Crippen LogP contribution < -0.4 is 5.32 Å². The van der Waals surface area contributed by atoms with Crippen LogP contribution in [0.4, 0.5) is 8.78 Å². The molecule has 1 aromatic carbocycles. The van der Waals surface area contributed by atoms with Gasteiger partial charge >= 0.3 is 0 Å². The van der Waals surface area contributed by atoms with Gasteiger partial charge < -0.3 is 5.32 Å². The van der Waals surface area contributed by atoms with E-state index < -0.39 is 11.6 Å². The van der Waals surface area contributed by atoms with Crippen LogP contribution in [0.2, 0.25) is 5.02 Å². The largest absolute Gasteiger partial charge is 0.308 e. The van der Waals surface area contributed by atoms with E-state index in [4.69, 9.17) is 11.6 Å². The van der Waals surface area contributed by atoms with Crippen LogP contribution in [0, 0.1) is 11.6 Å². The fourth-order valence-electron chi connectivity index (χ4n) is 2.20. The molecule has 1 N–H and O–H groups in total. The molecule has 20 heavy (non-hydrogen) atoms. The Morgan fingerprint density at radius 3 is 2.70 bits per heavy atom. The van der Waals surface area contributed by atoms with Gasteiger partial charge in [0.25, 0.3) is 0 Å². The lowest BCUT2D eigenvalue weighted by Crippen LogP contribution is -2.22. The van der Waals surface area contributed by atoms with E-state index in [1.165, 1.54) is 6.07 Å². The zero-order chi connectivity index (χ0) is 14.7. The summed E-state index contributed by atoms with van der Waals surface area (Å²) >= 11 is 6.18. The molecule has 0 bridgehead atoms. The van der Waals surface area contributed by atoms with Crippen molar-refractivity contribution in [1.29, 1.82) is 0 Å².